The molecule has 0 atom stereocenters. The Hall–Kier alpha value is -1.85. The van der Waals surface area contributed by atoms with Crippen molar-refractivity contribution in [2.75, 3.05) is 11.9 Å². The number of anilines is 1. The van der Waals surface area contributed by atoms with Crippen molar-refractivity contribution in [2.24, 2.45) is 0 Å². The molecule has 114 valence electrons. The first kappa shape index (κ1) is 16.5. The Morgan fingerprint density at radius 3 is 2.55 bits per heavy atom. The van der Waals surface area contributed by atoms with E-state index in [1.165, 1.54) is 0 Å². The summed E-state index contributed by atoms with van der Waals surface area (Å²) in [5.74, 6) is -0.518. The largest absolute Gasteiger partial charge is 0.347 e. The fourth-order valence-corrected chi connectivity index (χ4v) is 2.44. The van der Waals surface area contributed by atoms with Gasteiger partial charge in [-0.3, -0.25) is 9.59 Å². The molecular formula is C16H14BrClN2O2. The lowest BCUT2D eigenvalue weighted by atomic mass is 10.1. The molecule has 2 N–H and O–H groups in total. The molecule has 2 amide bonds. The van der Waals surface area contributed by atoms with E-state index in [-0.39, 0.29) is 24.8 Å². The van der Waals surface area contributed by atoms with Gasteiger partial charge < -0.3 is 10.6 Å². The molecule has 2 rings (SSSR count). The Bertz CT molecular complexity index is 691. The minimum absolute atomic E-state index is 0.0875. The zero-order valence-electron chi connectivity index (χ0n) is 11.6. The zero-order chi connectivity index (χ0) is 15.9. The predicted octanol–water partition coefficient (Wildman–Crippen LogP) is 3.40. The molecule has 0 saturated heterocycles. The van der Waals surface area contributed by atoms with Gasteiger partial charge in [-0.05, 0) is 29.8 Å². The Morgan fingerprint density at radius 1 is 1.05 bits per heavy atom. The molecule has 22 heavy (non-hydrogen) atoms. The third-order valence-electron chi connectivity index (χ3n) is 2.86. The van der Waals surface area contributed by atoms with E-state index in [0.717, 1.165) is 10.0 Å². The van der Waals surface area contributed by atoms with Crippen LogP contribution in [0.5, 0.6) is 0 Å². The third-order valence-corrected chi connectivity index (χ3v) is 3.87. The summed E-state index contributed by atoms with van der Waals surface area (Å²) in [6, 6.07) is 14.3. The second kappa shape index (κ2) is 7.96. The smallest absolute Gasteiger partial charge is 0.243 e. The molecule has 0 bridgehead atoms. The van der Waals surface area contributed by atoms with Gasteiger partial charge in [0.25, 0.3) is 0 Å². The van der Waals surface area contributed by atoms with Crippen molar-refractivity contribution in [2.45, 2.75) is 6.42 Å². The molecule has 0 heterocycles. The Morgan fingerprint density at radius 2 is 1.82 bits per heavy atom. The van der Waals surface area contributed by atoms with Gasteiger partial charge in [-0.1, -0.05) is 51.8 Å². The van der Waals surface area contributed by atoms with Gasteiger partial charge >= 0.3 is 0 Å². The summed E-state index contributed by atoms with van der Waals surface area (Å²) in [5.41, 5.74) is 1.47. The molecule has 4 nitrogen and oxygen atoms in total. The number of benzene rings is 2. The van der Waals surface area contributed by atoms with Crippen molar-refractivity contribution < 1.29 is 9.59 Å². The molecule has 2 aromatic rings. The highest BCUT2D eigenvalue weighted by molar-refractivity contribution is 9.10. The van der Waals surface area contributed by atoms with Crippen LogP contribution in [0.25, 0.3) is 0 Å². The van der Waals surface area contributed by atoms with Gasteiger partial charge in [0.1, 0.15) is 0 Å². The molecule has 0 unspecified atom stereocenters. The zero-order valence-corrected chi connectivity index (χ0v) is 13.9. The van der Waals surface area contributed by atoms with Crippen molar-refractivity contribution in [3.05, 3.63) is 63.6 Å². The summed E-state index contributed by atoms with van der Waals surface area (Å²) in [4.78, 5) is 23.6. The van der Waals surface area contributed by atoms with Crippen LogP contribution in [0.15, 0.2) is 53.0 Å². The van der Waals surface area contributed by atoms with Crippen LogP contribution in [0, 0.1) is 0 Å². The average Bonchev–Trinajstić information content (AvgIpc) is 2.48. The number of halogens is 2. The van der Waals surface area contributed by atoms with Crippen LogP contribution in [0.1, 0.15) is 5.56 Å². The van der Waals surface area contributed by atoms with E-state index in [9.17, 15) is 9.59 Å². The van der Waals surface area contributed by atoms with E-state index in [1.54, 1.807) is 24.3 Å². The number of hydrogen-bond acceptors (Lipinski definition) is 2. The van der Waals surface area contributed by atoms with Crippen molar-refractivity contribution >= 4 is 45.0 Å². The number of carbonyl (C=O) groups is 2. The van der Waals surface area contributed by atoms with E-state index < -0.39 is 0 Å². The predicted molar refractivity (Wildman–Crippen MR) is 90.9 cm³/mol. The quantitative estimate of drug-likeness (QED) is 0.834. The lowest BCUT2D eigenvalue weighted by molar-refractivity contribution is -0.123. The lowest BCUT2D eigenvalue weighted by Gasteiger charge is -2.08. The lowest BCUT2D eigenvalue weighted by Crippen LogP contribution is -2.33. The standard InChI is InChI=1S/C16H14BrClN2O2/c17-14-7-2-1-4-11(14)8-15(21)19-10-16(22)20-13-6-3-5-12(18)9-13/h1-7,9H,8,10H2,(H,19,21)(H,20,22). The Balaban J connectivity index is 1.81. The fraction of sp³-hybridized carbons (Fsp3) is 0.125. The summed E-state index contributed by atoms with van der Waals surface area (Å²) in [6.45, 7) is -0.0875. The topological polar surface area (TPSA) is 58.2 Å². The van der Waals surface area contributed by atoms with Gasteiger partial charge in [-0.25, -0.2) is 0 Å². The molecule has 6 heteroatoms. The van der Waals surface area contributed by atoms with E-state index in [0.29, 0.717) is 10.7 Å². The summed E-state index contributed by atoms with van der Waals surface area (Å²) >= 11 is 9.22. The first-order valence-corrected chi connectivity index (χ1v) is 7.77. The maximum absolute atomic E-state index is 11.8. The number of amides is 2. The summed E-state index contributed by atoms with van der Waals surface area (Å²) in [7, 11) is 0. The van der Waals surface area contributed by atoms with Gasteiger partial charge in [-0.2, -0.15) is 0 Å². The van der Waals surface area contributed by atoms with Gasteiger partial charge in [-0.15, -0.1) is 0 Å². The fourth-order valence-electron chi connectivity index (χ4n) is 1.83. The van der Waals surface area contributed by atoms with E-state index in [2.05, 4.69) is 26.6 Å². The molecular weight excluding hydrogens is 368 g/mol. The number of hydrogen-bond donors (Lipinski definition) is 2. The highest BCUT2D eigenvalue weighted by Crippen LogP contribution is 2.16. The Labute approximate surface area is 142 Å². The van der Waals surface area contributed by atoms with Crippen LogP contribution >= 0.6 is 27.5 Å². The van der Waals surface area contributed by atoms with Crippen LogP contribution < -0.4 is 10.6 Å². The third kappa shape index (κ3) is 5.16. The molecule has 0 aliphatic carbocycles. The summed E-state index contributed by atoms with van der Waals surface area (Å²) in [6.07, 6.45) is 0.214. The highest BCUT2D eigenvalue weighted by Gasteiger charge is 2.08. The van der Waals surface area contributed by atoms with Crippen LogP contribution in [0.4, 0.5) is 5.69 Å². The number of carbonyl (C=O) groups excluding carboxylic acids is 2. The SMILES string of the molecule is O=C(Cc1ccccc1Br)NCC(=O)Nc1cccc(Cl)c1. The van der Waals surface area contributed by atoms with Crippen molar-refractivity contribution in [3.8, 4) is 0 Å². The normalized spacial score (nSPS) is 10.1. The maximum Gasteiger partial charge on any atom is 0.243 e. The molecule has 0 aromatic heterocycles. The van der Waals surface area contributed by atoms with Gasteiger partial charge in [0.15, 0.2) is 0 Å². The molecule has 0 radical (unpaired) electrons. The minimum atomic E-state index is -0.303. The minimum Gasteiger partial charge on any atom is -0.347 e. The maximum atomic E-state index is 11.8. The molecule has 0 spiro atoms. The second-order valence-corrected chi connectivity index (χ2v) is 5.89. The van der Waals surface area contributed by atoms with E-state index in [4.69, 9.17) is 11.6 Å². The van der Waals surface area contributed by atoms with Gasteiger partial charge in [0.2, 0.25) is 11.8 Å². The van der Waals surface area contributed by atoms with Gasteiger partial charge in [0.05, 0.1) is 13.0 Å². The molecule has 0 aliphatic heterocycles. The Kier molecular flexibility index (Phi) is 5.98. The second-order valence-electron chi connectivity index (χ2n) is 4.60. The monoisotopic (exact) mass is 380 g/mol. The highest BCUT2D eigenvalue weighted by atomic mass is 79.9. The molecule has 0 aliphatic rings. The van der Waals surface area contributed by atoms with E-state index in [1.807, 2.05) is 24.3 Å². The molecule has 2 aromatic carbocycles. The van der Waals surface area contributed by atoms with Crippen LogP contribution in [0.2, 0.25) is 5.02 Å². The first-order valence-electron chi connectivity index (χ1n) is 6.60. The van der Waals surface area contributed by atoms with Crippen molar-refractivity contribution in [1.82, 2.24) is 5.32 Å². The van der Waals surface area contributed by atoms with Gasteiger partial charge in [0, 0.05) is 15.2 Å². The number of rotatable bonds is 5. The molecule has 0 fully saturated rings. The number of nitrogens with one attached hydrogen (secondary N) is 2. The average molecular weight is 382 g/mol. The summed E-state index contributed by atoms with van der Waals surface area (Å²) in [5, 5.41) is 5.79. The first-order chi connectivity index (χ1) is 10.5. The van der Waals surface area contributed by atoms with Crippen molar-refractivity contribution in [3.63, 3.8) is 0 Å². The van der Waals surface area contributed by atoms with Crippen molar-refractivity contribution in [1.29, 1.82) is 0 Å². The van der Waals surface area contributed by atoms with E-state index >= 15 is 0 Å². The van der Waals surface area contributed by atoms with Crippen LogP contribution in [0.3, 0.4) is 0 Å². The van der Waals surface area contributed by atoms with Crippen LogP contribution in [-0.4, -0.2) is 18.4 Å². The summed E-state index contributed by atoms with van der Waals surface area (Å²) < 4.78 is 0.869. The molecule has 0 saturated carbocycles. The van der Waals surface area contributed by atoms with Crippen LogP contribution in [-0.2, 0) is 16.0 Å².